The molecule has 1 unspecified atom stereocenters. The molecule has 1 amide bonds. The summed E-state index contributed by atoms with van der Waals surface area (Å²) in [6, 6.07) is 9.29. The second-order valence-electron chi connectivity index (χ2n) is 4.32. The van der Waals surface area contributed by atoms with Gasteiger partial charge in [-0.2, -0.15) is 0 Å². The van der Waals surface area contributed by atoms with Gasteiger partial charge in [0.05, 0.1) is 22.2 Å². The molecule has 4 nitrogen and oxygen atoms in total. The van der Waals surface area contributed by atoms with Gasteiger partial charge in [0.1, 0.15) is 5.92 Å². The van der Waals surface area contributed by atoms with Gasteiger partial charge in [-0.15, -0.1) is 11.3 Å². The Hall–Kier alpha value is -1.79. The molecule has 20 heavy (non-hydrogen) atoms. The first-order valence-corrected chi connectivity index (χ1v) is 7.39. The fraction of sp³-hybridized carbons (Fsp3) is 0.214. The first-order valence-electron chi connectivity index (χ1n) is 6.11. The van der Waals surface area contributed by atoms with Crippen molar-refractivity contribution in [1.29, 1.82) is 0 Å². The Labute approximate surface area is 127 Å². The van der Waals surface area contributed by atoms with Crippen molar-refractivity contribution in [3.8, 4) is 0 Å². The number of nitrogens with zero attached hydrogens (tertiary/aromatic N) is 1. The number of rotatable bonds is 5. The summed E-state index contributed by atoms with van der Waals surface area (Å²) in [6.07, 6.45) is 0. The molecule has 1 heterocycles. The van der Waals surface area contributed by atoms with Gasteiger partial charge in [0.2, 0.25) is 5.91 Å². The largest absolute Gasteiger partial charge is 0.392 e. The smallest absolute Gasteiger partial charge is 0.234 e. The number of hydrogen-bond acceptors (Lipinski definition) is 4. The molecule has 0 saturated heterocycles. The van der Waals surface area contributed by atoms with Crippen LogP contribution in [0, 0.1) is 6.92 Å². The minimum atomic E-state index is -0.606. The molecule has 1 aromatic heterocycles. The van der Waals surface area contributed by atoms with E-state index in [4.69, 9.17) is 18.0 Å². The van der Waals surface area contributed by atoms with E-state index in [2.05, 4.69) is 10.3 Å². The SMILES string of the molecule is Cc1nc(CNC(=O)C(C(N)=S)c2ccccc2)cs1. The number of thiocarbonyl (C=S) groups is 1. The van der Waals surface area contributed by atoms with Crippen LogP contribution in [0.2, 0.25) is 0 Å². The molecule has 0 spiro atoms. The van der Waals surface area contributed by atoms with Crippen molar-refractivity contribution in [3.05, 3.63) is 52.0 Å². The third-order valence-electron chi connectivity index (χ3n) is 2.79. The lowest BCUT2D eigenvalue weighted by Crippen LogP contribution is -2.35. The van der Waals surface area contributed by atoms with Gasteiger partial charge in [-0.3, -0.25) is 4.79 Å². The van der Waals surface area contributed by atoms with Crippen molar-refractivity contribution >= 4 is 34.5 Å². The summed E-state index contributed by atoms with van der Waals surface area (Å²) >= 11 is 6.57. The number of amides is 1. The predicted octanol–water partition coefficient (Wildman–Crippen LogP) is 2.14. The van der Waals surface area contributed by atoms with Crippen molar-refractivity contribution in [2.24, 2.45) is 5.73 Å². The molecular formula is C14H15N3OS2. The van der Waals surface area contributed by atoms with Gasteiger partial charge in [0, 0.05) is 5.38 Å². The van der Waals surface area contributed by atoms with Crippen molar-refractivity contribution in [2.45, 2.75) is 19.4 Å². The summed E-state index contributed by atoms with van der Waals surface area (Å²) < 4.78 is 0. The zero-order valence-electron chi connectivity index (χ0n) is 11.0. The normalized spacial score (nSPS) is 11.8. The number of carbonyl (C=O) groups is 1. The number of carbonyl (C=O) groups excluding carboxylic acids is 1. The van der Waals surface area contributed by atoms with Crippen molar-refractivity contribution in [1.82, 2.24) is 10.3 Å². The molecule has 0 aliphatic rings. The van der Waals surface area contributed by atoms with Crippen molar-refractivity contribution < 1.29 is 4.79 Å². The molecule has 104 valence electrons. The number of nitrogens with one attached hydrogen (secondary N) is 1. The summed E-state index contributed by atoms with van der Waals surface area (Å²) in [4.78, 5) is 16.7. The summed E-state index contributed by atoms with van der Waals surface area (Å²) in [6.45, 7) is 2.31. The molecule has 0 saturated carbocycles. The van der Waals surface area contributed by atoms with Gasteiger partial charge < -0.3 is 11.1 Å². The summed E-state index contributed by atoms with van der Waals surface area (Å²) in [5.74, 6) is -0.805. The van der Waals surface area contributed by atoms with E-state index in [0.29, 0.717) is 6.54 Å². The van der Waals surface area contributed by atoms with Crippen LogP contribution in [0.3, 0.4) is 0 Å². The maximum absolute atomic E-state index is 12.3. The maximum Gasteiger partial charge on any atom is 0.234 e. The van der Waals surface area contributed by atoms with E-state index in [1.807, 2.05) is 42.6 Å². The predicted molar refractivity (Wildman–Crippen MR) is 84.7 cm³/mol. The van der Waals surface area contributed by atoms with E-state index >= 15 is 0 Å². The van der Waals surface area contributed by atoms with E-state index in [0.717, 1.165) is 16.3 Å². The molecule has 0 radical (unpaired) electrons. The Bertz CT molecular complexity index is 610. The summed E-state index contributed by atoms with van der Waals surface area (Å²) in [7, 11) is 0. The lowest BCUT2D eigenvalue weighted by Gasteiger charge is -2.15. The number of nitrogens with two attached hydrogens (primary N) is 1. The quantitative estimate of drug-likeness (QED) is 0.831. The molecule has 0 bridgehead atoms. The van der Waals surface area contributed by atoms with Crippen LogP contribution in [-0.4, -0.2) is 15.9 Å². The second kappa shape index (κ2) is 6.58. The lowest BCUT2D eigenvalue weighted by atomic mass is 9.98. The van der Waals surface area contributed by atoms with Gasteiger partial charge >= 0.3 is 0 Å². The second-order valence-corrected chi connectivity index (χ2v) is 5.86. The molecule has 2 rings (SSSR count). The average molecular weight is 305 g/mol. The Morgan fingerprint density at radius 1 is 1.45 bits per heavy atom. The van der Waals surface area contributed by atoms with Crippen LogP contribution in [0.4, 0.5) is 0 Å². The van der Waals surface area contributed by atoms with Crippen LogP contribution in [0.15, 0.2) is 35.7 Å². The number of aromatic nitrogens is 1. The Morgan fingerprint density at radius 3 is 2.70 bits per heavy atom. The first kappa shape index (κ1) is 14.6. The van der Waals surface area contributed by atoms with Crippen LogP contribution in [0.25, 0.3) is 0 Å². The minimum Gasteiger partial charge on any atom is -0.392 e. The monoisotopic (exact) mass is 305 g/mol. The van der Waals surface area contributed by atoms with Gasteiger partial charge in [0.15, 0.2) is 0 Å². The number of benzene rings is 1. The summed E-state index contributed by atoms with van der Waals surface area (Å²) in [5.41, 5.74) is 7.34. The third kappa shape index (κ3) is 3.61. The molecule has 0 fully saturated rings. The number of aryl methyl sites for hydroxylation is 1. The van der Waals surface area contributed by atoms with Gasteiger partial charge in [-0.25, -0.2) is 4.98 Å². The van der Waals surface area contributed by atoms with E-state index in [1.54, 1.807) is 11.3 Å². The van der Waals surface area contributed by atoms with Crippen LogP contribution in [0.5, 0.6) is 0 Å². The van der Waals surface area contributed by atoms with E-state index in [1.165, 1.54) is 0 Å². The summed E-state index contributed by atoms with van der Waals surface area (Å²) in [5, 5.41) is 5.73. The molecule has 6 heteroatoms. The van der Waals surface area contributed by atoms with Crippen LogP contribution >= 0.6 is 23.6 Å². The molecule has 1 atom stereocenters. The number of thiazole rings is 1. The topological polar surface area (TPSA) is 68.0 Å². The standard InChI is InChI=1S/C14H15N3OS2/c1-9-17-11(8-20-9)7-16-14(18)12(13(15)19)10-5-3-2-4-6-10/h2-6,8,12H,7H2,1H3,(H2,15,19)(H,16,18). The Kier molecular flexibility index (Phi) is 4.81. The van der Waals surface area contributed by atoms with Crippen LogP contribution < -0.4 is 11.1 Å². The van der Waals surface area contributed by atoms with Gasteiger partial charge in [0.25, 0.3) is 0 Å². The van der Waals surface area contributed by atoms with Gasteiger partial charge in [-0.05, 0) is 12.5 Å². The highest BCUT2D eigenvalue weighted by Gasteiger charge is 2.23. The third-order valence-corrected chi connectivity index (χ3v) is 3.85. The molecule has 1 aromatic carbocycles. The van der Waals surface area contributed by atoms with E-state index in [9.17, 15) is 4.79 Å². The van der Waals surface area contributed by atoms with Crippen molar-refractivity contribution in [2.75, 3.05) is 0 Å². The average Bonchev–Trinajstić information content (AvgIpc) is 2.83. The molecular weight excluding hydrogens is 290 g/mol. The molecule has 0 aliphatic carbocycles. The lowest BCUT2D eigenvalue weighted by molar-refractivity contribution is -0.121. The highest BCUT2D eigenvalue weighted by Crippen LogP contribution is 2.16. The molecule has 0 aliphatic heterocycles. The highest BCUT2D eigenvalue weighted by molar-refractivity contribution is 7.80. The van der Waals surface area contributed by atoms with E-state index in [-0.39, 0.29) is 10.9 Å². The van der Waals surface area contributed by atoms with Crippen molar-refractivity contribution in [3.63, 3.8) is 0 Å². The molecule has 2 aromatic rings. The zero-order valence-corrected chi connectivity index (χ0v) is 12.6. The highest BCUT2D eigenvalue weighted by atomic mass is 32.1. The van der Waals surface area contributed by atoms with Gasteiger partial charge in [-0.1, -0.05) is 42.5 Å². The minimum absolute atomic E-state index is 0.170. The van der Waals surface area contributed by atoms with Crippen LogP contribution in [-0.2, 0) is 11.3 Å². The Balaban J connectivity index is 2.06. The zero-order chi connectivity index (χ0) is 14.5. The Morgan fingerprint density at radius 2 is 2.15 bits per heavy atom. The first-order chi connectivity index (χ1) is 9.58. The van der Waals surface area contributed by atoms with Crippen LogP contribution in [0.1, 0.15) is 22.2 Å². The maximum atomic E-state index is 12.3. The van der Waals surface area contributed by atoms with E-state index < -0.39 is 5.92 Å². The fourth-order valence-corrected chi connectivity index (χ4v) is 2.72. The number of hydrogen-bond donors (Lipinski definition) is 2. The molecule has 3 N–H and O–H groups in total. The fourth-order valence-electron chi connectivity index (χ4n) is 1.86.